The molecule has 3 heteroatoms. The van der Waals surface area contributed by atoms with Crippen LogP contribution in [-0.4, -0.2) is 54.2 Å². The number of alkyl halides is 1. The van der Waals surface area contributed by atoms with Crippen LogP contribution in [-0.2, 0) is 0 Å². The highest BCUT2D eigenvalue weighted by Gasteiger charge is 2.47. The number of hydrogen-bond acceptors (Lipinski definition) is 2. The Labute approximate surface area is 98.8 Å². The molecule has 2 nitrogen and oxygen atoms in total. The van der Waals surface area contributed by atoms with Gasteiger partial charge in [-0.05, 0) is 25.7 Å². The van der Waals surface area contributed by atoms with Crippen LogP contribution in [0.5, 0.6) is 0 Å². The highest BCUT2D eigenvalue weighted by atomic mass is 19.1. The van der Waals surface area contributed by atoms with Gasteiger partial charge < -0.3 is 0 Å². The Morgan fingerprint density at radius 1 is 1.19 bits per heavy atom. The van der Waals surface area contributed by atoms with Crippen LogP contribution in [0.1, 0.15) is 27.7 Å². The van der Waals surface area contributed by atoms with Crippen molar-refractivity contribution in [3.8, 4) is 0 Å². The summed E-state index contributed by atoms with van der Waals surface area (Å²) >= 11 is 0. The average molecular weight is 228 g/mol. The first-order valence-electron chi connectivity index (χ1n) is 6.55. The van der Waals surface area contributed by atoms with Crippen LogP contribution in [0.15, 0.2) is 0 Å². The molecule has 0 unspecified atom stereocenters. The summed E-state index contributed by atoms with van der Waals surface area (Å²) in [5, 5.41) is 0. The number of halogens is 1. The van der Waals surface area contributed by atoms with Gasteiger partial charge in [0.1, 0.15) is 5.67 Å². The molecule has 0 atom stereocenters. The predicted octanol–water partition coefficient (Wildman–Crippen LogP) is 2.01. The zero-order chi connectivity index (χ0) is 11.9. The van der Waals surface area contributed by atoms with Crippen molar-refractivity contribution in [3.05, 3.63) is 0 Å². The van der Waals surface area contributed by atoms with Crippen LogP contribution >= 0.6 is 0 Å². The minimum Gasteiger partial charge on any atom is -0.299 e. The molecule has 0 aromatic heterocycles. The molecular formula is C13H25FN2. The molecule has 0 saturated carbocycles. The first-order chi connectivity index (χ1) is 7.39. The normalized spacial score (nSPS) is 27.2. The molecule has 0 radical (unpaired) electrons. The highest BCUT2D eigenvalue weighted by molar-refractivity contribution is 5.01. The van der Waals surface area contributed by atoms with Gasteiger partial charge in [0.25, 0.3) is 0 Å². The summed E-state index contributed by atoms with van der Waals surface area (Å²) in [6.07, 6.45) is 0. The summed E-state index contributed by atoms with van der Waals surface area (Å²) in [6, 6.07) is 0.490. The average Bonchev–Trinajstić information content (AvgIpc) is 2.05. The summed E-state index contributed by atoms with van der Waals surface area (Å²) in [4.78, 5) is 4.49. The zero-order valence-electron chi connectivity index (χ0n) is 11.0. The van der Waals surface area contributed by atoms with Gasteiger partial charge in [-0.25, -0.2) is 4.39 Å². The highest BCUT2D eigenvalue weighted by Crippen LogP contribution is 2.32. The largest absolute Gasteiger partial charge is 0.299 e. The third kappa shape index (κ3) is 2.40. The quantitative estimate of drug-likeness (QED) is 0.726. The monoisotopic (exact) mass is 228 g/mol. The maximum absolute atomic E-state index is 14.2. The van der Waals surface area contributed by atoms with Gasteiger partial charge in [-0.2, -0.15) is 0 Å². The van der Waals surface area contributed by atoms with E-state index < -0.39 is 5.67 Å². The van der Waals surface area contributed by atoms with Gasteiger partial charge in [-0.1, -0.05) is 13.8 Å². The van der Waals surface area contributed by atoms with Crippen LogP contribution in [0, 0.1) is 11.8 Å². The van der Waals surface area contributed by atoms with Gasteiger partial charge in [0.2, 0.25) is 0 Å². The van der Waals surface area contributed by atoms with Gasteiger partial charge in [0, 0.05) is 38.8 Å². The third-order valence-electron chi connectivity index (χ3n) is 4.14. The van der Waals surface area contributed by atoms with E-state index in [4.69, 9.17) is 0 Å². The van der Waals surface area contributed by atoms with Gasteiger partial charge in [-0.15, -0.1) is 0 Å². The summed E-state index contributed by atoms with van der Waals surface area (Å²) < 4.78 is 14.2. The molecule has 0 aliphatic carbocycles. The molecule has 0 bridgehead atoms. The van der Waals surface area contributed by atoms with Crippen molar-refractivity contribution in [3.63, 3.8) is 0 Å². The fraction of sp³-hybridized carbons (Fsp3) is 1.00. The van der Waals surface area contributed by atoms with Crippen molar-refractivity contribution in [2.45, 2.75) is 39.4 Å². The minimum absolute atomic E-state index is 0.490. The lowest BCUT2D eigenvalue weighted by Gasteiger charge is -2.52. The lowest BCUT2D eigenvalue weighted by Crippen LogP contribution is -2.67. The SMILES string of the molecule is CC(C)C1CN(CC2(F)CN(C(C)C)C2)C1. The first kappa shape index (κ1) is 12.3. The molecule has 0 spiro atoms. The summed E-state index contributed by atoms with van der Waals surface area (Å²) in [6.45, 7) is 12.9. The molecule has 2 heterocycles. The topological polar surface area (TPSA) is 6.48 Å². The predicted molar refractivity (Wildman–Crippen MR) is 65.3 cm³/mol. The summed E-state index contributed by atoms with van der Waals surface area (Å²) in [5.74, 6) is 1.55. The summed E-state index contributed by atoms with van der Waals surface area (Å²) in [5.41, 5.74) is -0.924. The molecule has 0 amide bonds. The second-order valence-corrected chi connectivity index (χ2v) is 6.35. The zero-order valence-corrected chi connectivity index (χ0v) is 11.0. The van der Waals surface area contributed by atoms with Crippen molar-refractivity contribution in [1.29, 1.82) is 0 Å². The Kier molecular flexibility index (Phi) is 3.28. The van der Waals surface area contributed by atoms with E-state index in [2.05, 4.69) is 37.5 Å². The van der Waals surface area contributed by atoms with Crippen molar-refractivity contribution in [2.75, 3.05) is 32.7 Å². The van der Waals surface area contributed by atoms with Crippen LogP contribution < -0.4 is 0 Å². The van der Waals surface area contributed by atoms with E-state index in [0.717, 1.165) is 24.9 Å². The van der Waals surface area contributed by atoms with Gasteiger partial charge in [-0.3, -0.25) is 9.80 Å². The fourth-order valence-corrected chi connectivity index (χ4v) is 2.71. The van der Waals surface area contributed by atoms with Gasteiger partial charge >= 0.3 is 0 Å². The Hall–Kier alpha value is -0.150. The Morgan fingerprint density at radius 2 is 1.75 bits per heavy atom. The smallest absolute Gasteiger partial charge is 0.148 e. The van der Waals surface area contributed by atoms with Gasteiger partial charge in [0.05, 0.1) is 0 Å². The van der Waals surface area contributed by atoms with Crippen molar-refractivity contribution < 1.29 is 4.39 Å². The van der Waals surface area contributed by atoms with E-state index in [1.807, 2.05) is 0 Å². The van der Waals surface area contributed by atoms with Crippen molar-refractivity contribution >= 4 is 0 Å². The molecule has 2 fully saturated rings. The summed E-state index contributed by atoms with van der Waals surface area (Å²) in [7, 11) is 0. The van der Waals surface area contributed by atoms with E-state index in [9.17, 15) is 4.39 Å². The first-order valence-corrected chi connectivity index (χ1v) is 6.55. The van der Waals surface area contributed by atoms with Gasteiger partial charge in [0.15, 0.2) is 0 Å². The lowest BCUT2D eigenvalue weighted by atomic mass is 9.85. The van der Waals surface area contributed by atoms with Crippen LogP contribution in [0.25, 0.3) is 0 Å². The molecular weight excluding hydrogens is 203 g/mol. The maximum Gasteiger partial charge on any atom is 0.148 e. The Balaban J connectivity index is 1.69. The molecule has 16 heavy (non-hydrogen) atoms. The molecule has 0 aromatic rings. The van der Waals surface area contributed by atoms with E-state index >= 15 is 0 Å². The minimum atomic E-state index is -0.924. The molecule has 2 rings (SSSR count). The van der Waals surface area contributed by atoms with Crippen LogP contribution in [0.3, 0.4) is 0 Å². The van der Waals surface area contributed by atoms with E-state index in [1.54, 1.807) is 0 Å². The Morgan fingerprint density at radius 3 is 2.19 bits per heavy atom. The fourth-order valence-electron chi connectivity index (χ4n) is 2.71. The second kappa shape index (κ2) is 4.26. The number of hydrogen-bond donors (Lipinski definition) is 0. The lowest BCUT2D eigenvalue weighted by molar-refractivity contribution is -0.0884. The third-order valence-corrected chi connectivity index (χ3v) is 4.14. The molecule has 0 aromatic carbocycles. The van der Waals surface area contributed by atoms with Crippen molar-refractivity contribution in [1.82, 2.24) is 9.80 Å². The van der Waals surface area contributed by atoms with E-state index in [0.29, 0.717) is 25.7 Å². The van der Waals surface area contributed by atoms with Crippen LogP contribution in [0.4, 0.5) is 4.39 Å². The standard InChI is InChI=1S/C13H25FN2/c1-10(2)12-5-15(6-12)7-13(14)8-16(9-13)11(3)4/h10-12H,5-9H2,1-4H3. The van der Waals surface area contributed by atoms with E-state index in [-0.39, 0.29) is 0 Å². The molecule has 0 N–H and O–H groups in total. The second-order valence-electron chi connectivity index (χ2n) is 6.35. The number of nitrogens with zero attached hydrogens (tertiary/aromatic N) is 2. The Bertz CT molecular complexity index is 240. The van der Waals surface area contributed by atoms with Crippen LogP contribution in [0.2, 0.25) is 0 Å². The number of rotatable bonds is 4. The molecule has 2 saturated heterocycles. The maximum atomic E-state index is 14.2. The molecule has 2 aliphatic heterocycles. The van der Waals surface area contributed by atoms with Crippen molar-refractivity contribution in [2.24, 2.45) is 11.8 Å². The molecule has 94 valence electrons. The number of likely N-dealkylation sites (tertiary alicyclic amines) is 2. The molecule has 2 aliphatic rings. The van der Waals surface area contributed by atoms with E-state index in [1.165, 1.54) is 0 Å².